The van der Waals surface area contributed by atoms with E-state index in [0.29, 0.717) is 5.56 Å². The van der Waals surface area contributed by atoms with Crippen molar-refractivity contribution in [3.05, 3.63) is 56.2 Å². The Bertz CT molecular complexity index is 582. The van der Waals surface area contributed by atoms with Crippen LogP contribution in [0, 0.1) is 0 Å². The normalized spacial score (nSPS) is 10.8. The van der Waals surface area contributed by atoms with Crippen molar-refractivity contribution >= 4 is 33.2 Å². The number of rotatable bonds is 5. The molecule has 0 bridgehead atoms. The van der Waals surface area contributed by atoms with Gasteiger partial charge in [-0.2, -0.15) is 0 Å². The fourth-order valence-corrected chi connectivity index (χ4v) is 3.45. The van der Waals surface area contributed by atoms with Gasteiger partial charge in [-0.1, -0.05) is 12.1 Å². The average molecular weight is 354 g/mol. The van der Waals surface area contributed by atoms with Crippen molar-refractivity contribution in [1.29, 1.82) is 0 Å². The second-order valence-electron chi connectivity index (χ2n) is 4.57. The van der Waals surface area contributed by atoms with Crippen molar-refractivity contribution < 1.29 is 4.79 Å². The fraction of sp³-hybridized carbons (Fsp3) is 0.214. The highest BCUT2D eigenvalue weighted by Crippen LogP contribution is 2.21. The number of benzene rings is 1. The summed E-state index contributed by atoms with van der Waals surface area (Å²) in [5.41, 5.74) is 3.86. The summed E-state index contributed by atoms with van der Waals surface area (Å²) in [5.74, 6) is 4.83. The predicted octanol–water partition coefficient (Wildman–Crippen LogP) is 2.75. The van der Waals surface area contributed by atoms with Crippen molar-refractivity contribution in [2.75, 3.05) is 7.05 Å². The number of hydrogen-bond acceptors (Lipinski definition) is 4. The van der Waals surface area contributed by atoms with Crippen LogP contribution in [0.5, 0.6) is 0 Å². The van der Waals surface area contributed by atoms with Crippen molar-refractivity contribution in [2.45, 2.75) is 13.1 Å². The Labute approximate surface area is 130 Å². The monoisotopic (exact) mass is 353 g/mol. The van der Waals surface area contributed by atoms with E-state index in [0.717, 1.165) is 23.1 Å². The van der Waals surface area contributed by atoms with Crippen LogP contribution in [0.25, 0.3) is 0 Å². The van der Waals surface area contributed by atoms with Gasteiger partial charge < -0.3 is 0 Å². The number of nitrogens with two attached hydrogens (primary N) is 1. The SMILES string of the molecule is CN(Cc1ccc(C(=O)NN)cc1)Cc1cc(Br)cs1. The highest BCUT2D eigenvalue weighted by molar-refractivity contribution is 9.10. The summed E-state index contributed by atoms with van der Waals surface area (Å²) in [5, 5.41) is 2.09. The van der Waals surface area contributed by atoms with E-state index in [1.54, 1.807) is 23.5 Å². The molecule has 0 aliphatic rings. The minimum absolute atomic E-state index is 0.270. The van der Waals surface area contributed by atoms with E-state index < -0.39 is 0 Å². The highest BCUT2D eigenvalue weighted by Gasteiger charge is 2.06. The topological polar surface area (TPSA) is 58.4 Å². The van der Waals surface area contributed by atoms with E-state index in [2.05, 4.69) is 44.7 Å². The van der Waals surface area contributed by atoms with Gasteiger partial charge in [0.1, 0.15) is 0 Å². The molecule has 0 aliphatic heterocycles. The first-order valence-electron chi connectivity index (χ1n) is 6.10. The van der Waals surface area contributed by atoms with Crippen molar-refractivity contribution in [3.63, 3.8) is 0 Å². The lowest BCUT2D eigenvalue weighted by molar-refractivity contribution is 0.0953. The summed E-state index contributed by atoms with van der Waals surface area (Å²) in [6.45, 7) is 1.74. The van der Waals surface area contributed by atoms with E-state index in [1.165, 1.54) is 4.88 Å². The molecule has 1 heterocycles. The minimum Gasteiger partial charge on any atom is -0.297 e. The van der Waals surface area contributed by atoms with Crippen LogP contribution in [-0.4, -0.2) is 17.9 Å². The zero-order chi connectivity index (χ0) is 14.5. The maximum absolute atomic E-state index is 11.3. The number of nitrogens with one attached hydrogen (secondary N) is 1. The molecule has 4 nitrogen and oxygen atoms in total. The predicted molar refractivity (Wildman–Crippen MR) is 85.3 cm³/mol. The molecule has 1 aromatic carbocycles. The van der Waals surface area contributed by atoms with E-state index in [4.69, 9.17) is 5.84 Å². The Morgan fingerprint density at radius 2 is 2.05 bits per heavy atom. The van der Waals surface area contributed by atoms with Crippen LogP contribution < -0.4 is 11.3 Å². The molecule has 2 rings (SSSR count). The molecule has 1 aromatic heterocycles. The number of amides is 1. The smallest absolute Gasteiger partial charge is 0.265 e. The molecule has 20 heavy (non-hydrogen) atoms. The second-order valence-corrected chi connectivity index (χ2v) is 6.49. The van der Waals surface area contributed by atoms with Crippen LogP contribution in [0.3, 0.4) is 0 Å². The molecule has 2 aromatic rings. The van der Waals surface area contributed by atoms with Gasteiger partial charge in [-0.25, -0.2) is 5.84 Å². The molecule has 1 amide bonds. The van der Waals surface area contributed by atoms with Crippen LogP contribution in [0.4, 0.5) is 0 Å². The molecule has 0 aliphatic carbocycles. The first-order valence-corrected chi connectivity index (χ1v) is 7.77. The van der Waals surface area contributed by atoms with Gasteiger partial charge in [-0.3, -0.25) is 15.1 Å². The molecule has 0 fully saturated rings. The third kappa shape index (κ3) is 4.14. The van der Waals surface area contributed by atoms with Gasteiger partial charge in [0.15, 0.2) is 0 Å². The molecule has 6 heteroatoms. The Balaban J connectivity index is 1.94. The molecule has 0 spiro atoms. The lowest BCUT2D eigenvalue weighted by Gasteiger charge is -2.15. The van der Waals surface area contributed by atoms with Crippen molar-refractivity contribution in [3.8, 4) is 0 Å². The van der Waals surface area contributed by atoms with Crippen LogP contribution in [0.15, 0.2) is 40.2 Å². The number of thiophene rings is 1. The standard InChI is InChI=1S/C14H16BrN3OS/c1-18(8-13-6-12(15)9-20-13)7-10-2-4-11(5-3-10)14(19)17-16/h2-6,9H,7-8,16H2,1H3,(H,17,19). The number of carbonyl (C=O) groups excluding carboxylic acids is 1. The molecular formula is C14H16BrN3OS. The number of halogens is 1. The number of nitrogen functional groups attached to an aromatic ring is 1. The Morgan fingerprint density at radius 1 is 1.35 bits per heavy atom. The van der Waals surface area contributed by atoms with Crippen LogP contribution in [0.2, 0.25) is 0 Å². The summed E-state index contributed by atoms with van der Waals surface area (Å²) in [7, 11) is 2.08. The first-order chi connectivity index (χ1) is 9.58. The van der Waals surface area contributed by atoms with E-state index in [1.807, 2.05) is 12.1 Å². The van der Waals surface area contributed by atoms with Crippen molar-refractivity contribution in [1.82, 2.24) is 10.3 Å². The fourth-order valence-electron chi connectivity index (χ4n) is 1.92. The lowest BCUT2D eigenvalue weighted by Crippen LogP contribution is -2.29. The Morgan fingerprint density at radius 3 is 2.60 bits per heavy atom. The molecular weight excluding hydrogens is 338 g/mol. The van der Waals surface area contributed by atoms with Gasteiger partial charge in [0.05, 0.1) is 0 Å². The van der Waals surface area contributed by atoms with Gasteiger partial charge in [-0.05, 0) is 46.7 Å². The van der Waals surface area contributed by atoms with Crippen LogP contribution in [0.1, 0.15) is 20.8 Å². The largest absolute Gasteiger partial charge is 0.297 e. The quantitative estimate of drug-likeness (QED) is 0.493. The van der Waals surface area contributed by atoms with Gasteiger partial charge in [-0.15, -0.1) is 11.3 Å². The van der Waals surface area contributed by atoms with Gasteiger partial charge in [0.2, 0.25) is 0 Å². The Kier molecular flexibility index (Phi) is 5.31. The second kappa shape index (κ2) is 6.99. The summed E-state index contributed by atoms with van der Waals surface area (Å²) in [4.78, 5) is 14.9. The third-order valence-electron chi connectivity index (χ3n) is 2.85. The number of hydrazine groups is 1. The van der Waals surface area contributed by atoms with Gasteiger partial charge in [0, 0.05) is 33.4 Å². The third-order valence-corrected chi connectivity index (χ3v) is 4.53. The van der Waals surface area contributed by atoms with Crippen LogP contribution in [-0.2, 0) is 13.1 Å². The van der Waals surface area contributed by atoms with E-state index >= 15 is 0 Å². The van der Waals surface area contributed by atoms with Gasteiger partial charge in [0.25, 0.3) is 5.91 Å². The minimum atomic E-state index is -0.270. The number of carbonyl (C=O) groups is 1. The number of hydrogen-bond donors (Lipinski definition) is 2. The first kappa shape index (κ1) is 15.2. The molecule has 0 saturated carbocycles. The van der Waals surface area contributed by atoms with E-state index in [9.17, 15) is 4.79 Å². The Hall–Kier alpha value is -1.21. The van der Waals surface area contributed by atoms with E-state index in [-0.39, 0.29) is 5.91 Å². The average Bonchev–Trinajstić information content (AvgIpc) is 2.84. The van der Waals surface area contributed by atoms with Gasteiger partial charge >= 0.3 is 0 Å². The summed E-state index contributed by atoms with van der Waals surface area (Å²) < 4.78 is 1.13. The summed E-state index contributed by atoms with van der Waals surface area (Å²) in [6, 6.07) is 9.60. The number of nitrogens with zero attached hydrogens (tertiary/aromatic N) is 1. The summed E-state index contributed by atoms with van der Waals surface area (Å²) in [6.07, 6.45) is 0. The van der Waals surface area contributed by atoms with Crippen molar-refractivity contribution in [2.24, 2.45) is 5.84 Å². The lowest BCUT2D eigenvalue weighted by atomic mass is 10.1. The maximum atomic E-state index is 11.3. The maximum Gasteiger partial charge on any atom is 0.265 e. The molecule has 0 atom stereocenters. The van der Waals surface area contributed by atoms with Crippen LogP contribution >= 0.6 is 27.3 Å². The summed E-state index contributed by atoms with van der Waals surface area (Å²) >= 11 is 5.20. The molecule has 0 unspecified atom stereocenters. The molecule has 0 saturated heterocycles. The molecule has 106 valence electrons. The zero-order valence-corrected chi connectivity index (χ0v) is 13.5. The molecule has 3 N–H and O–H groups in total. The molecule has 0 radical (unpaired) electrons. The highest BCUT2D eigenvalue weighted by atomic mass is 79.9. The zero-order valence-electron chi connectivity index (χ0n) is 11.1.